The molecule has 0 saturated carbocycles. The lowest BCUT2D eigenvalue weighted by Crippen LogP contribution is -2.63. The van der Waals surface area contributed by atoms with E-state index in [0.29, 0.717) is 0 Å². The van der Waals surface area contributed by atoms with Gasteiger partial charge in [0.05, 0.1) is 25.4 Å². The summed E-state index contributed by atoms with van der Waals surface area (Å²) in [4.78, 5) is 12.3. The van der Waals surface area contributed by atoms with E-state index in [4.69, 9.17) is 24.1 Å². The quantitative estimate of drug-likeness (QED) is 0.256. The fourth-order valence-corrected chi connectivity index (χ4v) is 3.38. The summed E-state index contributed by atoms with van der Waals surface area (Å²) in [5.41, 5.74) is 0.212. The minimum absolute atomic E-state index is 0.212. The van der Waals surface area contributed by atoms with Gasteiger partial charge in [-0.15, -0.1) is 0 Å². The van der Waals surface area contributed by atoms with Crippen molar-refractivity contribution >= 4 is 5.97 Å². The Bertz CT molecular complexity index is 684. The lowest BCUT2D eigenvalue weighted by molar-refractivity contribution is -0.331. The molecule has 2 aliphatic heterocycles. The fourth-order valence-electron chi connectivity index (χ4n) is 3.38. The normalized spacial score (nSPS) is 39.5. The van der Waals surface area contributed by atoms with Crippen molar-refractivity contribution in [3.8, 4) is 0 Å². The number of benzene rings is 1. The average Bonchev–Trinajstić information content (AvgIpc) is 2.77. The second-order valence-electron chi connectivity index (χ2n) is 7.15. The van der Waals surface area contributed by atoms with Gasteiger partial charge in [-0.25, -0.2) is 4.79 Å². The van der Waals surface area contributed by atoms with Crippen molar-refractivity contribution in [2.75, 3.05) is 19.8 Å². The highest BCUT2D eigenvalue weighted by atomic mass is 16.7. The Morgan fingerprint density at radius 1 is 0.933 bits per heavy atom. The Labute approximate surface area is 172 Å². The van der Waals surface area contributed by atoms with E-state index in [2.05, 4.69) is 0 Å². The van der Waals surface area contributed by atoms with E-state index in [-0.39, 0.29) is 12.2 Å². The van der Waals surface area contributed by atoms with Gasteiger partial charge in [-0.1, -0.05) is 18.2 Å². The molecule has 0 aromatic heterocycles. The van der Waals surface area contributed by atoms with E-state index in [9.17, 15) is 30.3 Å². The largest absolute Gasteiger partial charge is 0.453 e. The molecule has 6 N–H and O–H groups in total. The van der Waals surface area contributed by atoms with Gasteiger partial charge in [-0.05, 0) is 12.1 Å². The van der Waals surface area contributed by atoms with Gasteiger partial charge in [0.25, 0.3) is 0 Å². The monoisotopic (exact) mass is 430 g/mol. The van der Waals surface area contributed by atoms with E-state index in [1.807, 2.05) is 0 Å². The van der Waals surface area contributed by atoms with E-state index >= 15 is 0 Å². The van der Waals surface area contributed by atoms with Crippen LogP contribution in [0.25, 0.3) is 0 Å². The number of carbonyl (C=O) groups excluding carboxylic acids is 1. The van der Waals surface area contributed by atoms with Gasteiger partial charge in [0.15, 0.2) is 12.4 Å². The van der Waals surface area contributed by atoms with Crippen molar-refractivity contribution in [1.82, 2.24) is 0 Å². The van der Waals surface area contributed by atoms with E-state index < -0.39 is 74.3 Å². The van der Waals surface area contributed by atoms with E-state index in [1.165, 1.54) is 12.1 Å². The molecule has 0 spiro atoms. The molecule has 9 atom stereocenters. The molecular formula is C19H26O11. The van der Waals surface area contributed by atoms with Crippen molar-refractivity contribution in [3.63, 3.8) is 0 Å². The summed E-state index contributed by atoms with van der Waals surface area (Å²) in [6.07, 6.45) is -12.5. The SMILES string of the molecule is O=C(O[C@H]1[C@@H](O)[C@H](O)[C@H](O[C@H]2CO[C@H](CO)[C@@H](O)[C@H]2O)O[C@H]1CO)c1ccccc1. The van der Waals surface area contributed by atoms with E-state index in [0.717, 1.165) is 0 Å². The molecule has 2 saturated heterocycles. The van der Waals surface area contributed by atoms with Crippen LogP contribution in [0.15, 0.2) is 30.3 Å². The summed E-state index contributed by atoms with van der Waals surface area (Å²) in [7, 11) is 0. The van der Waals surface area contributed by atoms with Crippen LogP contribution >= 0.6 is 0 Å². The minimum Gasteiger partial charge on any atom is -0.453 e. The molecular weight excluding hydrogens is 404 g/mol. The summed E-state index contributed by atoms with van der Waals surface area (Å²) in [6.45, 7) is -1.38. The number of aliphatic hydroxyl groups is 6. The third kappa shape index (κ3) is 4.80. The van der Waals surface area contributed by atoms with Crippen LogP contribution in [0.2, 0.25) is 0 Å². The highest BCUT2D eigenvalue weighted by molar-refractivity contribution is 5.89. The number of esters is 1. The second-order valence-corrected chi connectivity index (χ2v) is 7.15. The molecule has 0 radical (unpaired) electrons. The molecule has 1 aromatic carbocycles. The standard InChI is InChI=1S/C19H26O11/c20-6-10-13(22)14(23)12(8-27-10)29-19-16(25)15(24)17(11(7-21)28-19)30-18(26)9-4-2-1-3-5-9/h1-5,10-17,19-25H,6-8H2/t10-,11+,12+,13-,14+,15+,16+,17-,19+/m1/s1. The number of hydrogen-bond acceptors (Lipinski definition) is 11. The third-order valence-electron chi connectivity index (χ3n) is 5.15. The van der Waals surface area contributed by atoms with Gasteiger partial charge in [0.2, 0.25) is 0 Å². The number of rotatable bonds is 6. The Kier molecular flexibility index (Phi) is 7.74. The zero-order valence-corrected chi connectivity index (χ0v) is 15.9. The summed E-state index contributed by atoms with van der Waals surface area (Å²) in [5, 5.41) is 59.7. The van der Waals surface area contributed by atoms with Crippen LogP contribution in [0.3, 0.4) is 0 Å². The van der Waals surface area contributed by atoms with Crippen LogP contribution in [0.1, 0.15) is 10.4 Å². The van der Waals surface area contributed by atoms with Gasteiger partial charge < -0.3 is 49.6 Å². The zero-order chi connectivity index (χ0) is 21.8. The number of hydrogen-bond donors (Lipinski definition) is 6. The molecule has 30 heavy (non-hydrogen) atoms. The Hall–Kier alpha value is -1.67. The Morgan fingerprint density at radius 2 is 1.60 bits per heavy atom. The van der Waals surface area contributed by atoms with Crippen LogP contribution in [0.5, 0.6) is 0 Å². The summed E-state index contributed by atoms with van der Waals surface area (Å²) in [5.74, 6) is -0.775. The van der Waals surface area contributed by atoms with Crippen LogP contribution in [0, 0.1) is 0 Å². The van der Waals surface area contributed by atoms with Crippen molar-refractivity contribution in [1.29, 1.82) is 0 Å². The minimum atomic E-state index is -1.69. The maximum Gasteiger partial charge on any atom is 0.338 e. The van der Waals surface area contributed by atoms with Crippen molar-refractivity contribution in [2.45, 2.75) is 55.1 Å². The van der Waals surface area contributed by atoms with Gasteiger partial charge in [-0.3, -0.25) is 0 Å². The highest BCUT2D eigenvalue weighted by Gasteiger charge is 2.49. The predicted molar refractivity (Wildman–Crippen MR) is 97.1 cm³/mol. The molecule has 2 fully saturated rings. The molecule has 2 heterocycles. The lowest BCUT2D eigenvalue weighted by atomic mass is 9.97. The van der Waals surface area contributed by atoms with Gasteiger partial charge in [0, 0.05) is 0 Å². The lowest BCUT2D eigenvalue weighted by Gasteiger charge is -2.44. The highest BCUT2D eigenvalue weighted by Crippen LogP contribution is 2.28. The molecule has 11 heteroatoms. The van der Waals surface area contributed by atoms with Crippen LogP contribution in [0.4, 0.5) is 0 Å². The molecule has 0 amide bonds. The first-order valence-electron chi connectivity index (χ1n) is 9.50. The first-order valence-corrected chi connectivity index (χ1v) is 9.50. The maximum atomic E-state index is 12.3. The zero-order valence-electron chi connectivity index (χ0n) is 15.9. The number of aliphatic hydroxyl groups excluding tert-OH is 6. The third-order valence-corrected chi connectivity index (χ3v) is 5.15. The molecule has 3 rings (SSSR count). The molecule has 0 aliphatic carbocycles. The van der Waals surface area contributed by atoms with Crippen LogP contribution < -0.4 is 0 Å². The van der Waals surface area contributed by atoms with E-state index in [1.54, 1.807) is 18.2 Å². The van der Waals surface area contributed by atoms with Gasteiger partial charge >= 0.3 is 5.97 Å². The van der Waals surface area contributed by atoms with Crippen molar-refractivity contribution < 1.29 is 54.4 Å². The second kappa shape index (κ2) is 10.1. The fraction of sp³-hybridized carbons (Fsp3) is 0.632. The van der Waals surface area contributed by atoms with Crippen LogP contribution in [-0.2, 0) is 18.9 Å². The Morgan fingerprint density at radius 3 is 2.23 bits per heavy atom. The number of ether oxygens (including phenoxy) is 4. The van der Waals surface area contributed by atoms with Crippen molar-refractivity contribution in [2.24, 2.45) is 0 Å². The molecule has 168 valence electrons. The molecule has 2 aliphatic rings. The first kappa shape index (κ1) is 23.0. The summed E-state index contributed by atoms with van der Waals surface area (Å²) < 4.78 is 21.3. The maximum absolute atomic E-state index is 12.3. The Balaban J connectivity index is 1.66. The van der Waals surface area contributed by atoms with Gasteiger partial charge in [0.1, 0.15) is 42.7 Å². The number of carbonyl (C=O) groups is 1. The molecule has 0 bridgehead atoms. The smallest absolute Gasteiger partial charge is 0.338 e. The summed E-state index contributed by atoms with van der Waals surface area (Å²) >= 11 is 0. The molecule has 1 aromatic rings. The average molecular weight is 430 g/mol. The molecule has 11 nitrogen and oxygen atoms in total. The van der Waals surface area contributed by atoms with Gasteiger partial charge in [-0.2, -0.15) is 0 Å². The predicted octanol–water partition coefficient (Wildman–Crippen LogP) is -2.85. The van der Waals surface area contributed by atoms with Crippen LogP contribution in [-0.4, -0.2) is 112 Å². The topological polar surface area (TPSA) is 175 Å². The first-order chi connectivity index (χ1) is 14.4. The summed E-state index contributed by atoms with van der Waals surface area (Å²) in [6, 6.07) is 7.97. The van der Waals surface area contributed by atoms with Crippen molar-refractivity contribution in [3.05, 3.63) is 35.9 Å². The molecule has 0 unspecified atom stereocenters.